The first kappa shape index (κ1) is 16.7. The van der Waals surface area contributed by atoms with Crippen LogP contribution in [0.2, 0.25) is 0 Å². The Morgan fingerprint density at radius 2 is 2.00 bits per heavy atom. The van der Waals surface area contributed by atoms with Crippen LogP contribution in [-0.2, 0) is 11.2 Å². The first-order chi connectivity index (χ1) is 11.5. The van der Waals surface area contributed by atoms with E-state index < -0.39 is 4.92 Å². The highest BCUT2D eigenvalue weighted by molar-refractivity contribution is 9.10. The molecule has 0 aliphatic carbocycles. The van der Waals surface area contributed by atoms with E-state index in [4.69, 9.17) is 0 Å². The number of carbonyl (C=O) groups excluding carboxylic acids is 1. The average Bonchev–Trinajstić information content (AvgIpc) is 2.89. The second-order valence-corrected chi connectivity index (χ2v) is 7.23. The maximum absolute atomic E-state index is 12.1. The molecule has 2 aromatic rings. The number of amidine groups is 1. The molecule has 1 aliphatic rings. The molecule has 2 aromatic carbocycles. The zero-order valence-corrected chi connectivity index (χ0v) is 14.7. The third kappa shape index (κ3) is 4.01. The molecule has 1 aliphatic heterocycles. The number of hydrogen-bond donors (Lipinski definition) is 1. The largest absolute Gasteiger partial charge is 0.304 e. The lowest BCUT2D eigenvalue weighted by atomic mass is 10.1. The third-order valence-electron chi connectivity index (χ3n) is 3.38. The van der Waals surface area contributed by atoms with Gasteiger partial charge in [0.1, 0.15) is 0 Å². The molecule has 6 nitrogen and oxygen atoms in total. The van der Waals surface area contributed by atoms with E-state index in [-0.39, 0.29) is 16.8 Å². The molecular weight excluding hydrogens is 394 g/mol. The molecule has 1 amide bonds. The zero-order chi connectivity index (χ0) is 17.1. The van der Waals surface area contributed by atoms with Gasteiger partial charge in [0.05, 0.1) is 15.9 Å². The summed E-state index contributed by atoms with van der Waals surface area (Å²) in [4.78, 5) is 26.9. The number of amides is 1. The molecule has 0 saturated carbocycles. The number of nitrogens with one attached hydrogen (secondary N) is 1. The van der Waals surface area contributed by atoms with Crippen LogP contribution in [0.1, 0.15) is 5.56 Å². The van der Waals surface area contributed by atoms with Crippen LogP contribution in [0, 0.1) is 10.1 Å². The van der Waals surface area contributed by atoms with Crippen molar-refractivity contribution in [2.24, 2.45) is 4.99 Å². The molecule has 8 heteroatoms. The van der Waals surface area contributed by atoms with Crippen LogP contribution in [0.5, 0.6) is 0 Å². The van der Waals surface area contributed by atoms with Crippen LogP contribution in [0.4, 0.5) is 11.4 Å². The second kappa shape index (κ2) is 7.14. The molecule has 24 heavy (non-hydrogen) atoms. The fourth-order valence-corrected chi connectivity index (χ4v) is 3.53. The van der Waals surface area contributed by atoms with Gasteiger partial charge in [-0.2, -0.15) is 0 Å². The molecule has 122 valence electrons. The molecule has 3 rings (SSSR count). The maximum Gasteiger partial charge on any atom is 0.269 e. The van der Waals surface area contributed by atoms with Gasteiger partial charge in [-0.25, -0.2) is 4.99 Å². The van der Waals surface area contributed by atoms with Gasteiger partial charge in [0, 0.05) is 16.6 Å². The van der Waals surface area contributed by atoms with Crippen molar-refractivity contribution in [1.29, 1.82) is 0 Å². The van der Waals surface area contributed by atoms with Crippen molar-refractivity contribution in [1.82, 2.24) is 5.32 Å². The normalized spacial score (nSPS) is 18.6. The first-order valence-electron chi connectivity index (χ1n) is 7.06. The predicted octanol–water partition coefficient (Wildman–Crippen LogP) is 3.82. The molecule has 0 spiro atoms. The molecule has 1 fully saturated rings. The SMILES string of the molecule is O=C1NC(=Nc2ccc(Br)cc2)S[C@@H]1Cc1cccc([N+](=O)[O-])c1. The van der Waals surface area contributed by atoms with Gasteiger partial charge in [-0.1, -0.05) is 39.8 Å². The van der Waals surface area contributed by atoms with Crippen LogP contribution < -0.4 is 5.32 Å². The average molecular weight is 406 g/mol. The lowest BCUT2D eigenvalue weighted by molar-refractivity contribution is -0.384. The summed E-state index contributed by atoms with van der Waals surface area (Å²) in [6, 6.07) is 13.8. The summed E-state index contributed by atoms with van der Waals surface area (Å²) in [5.74, 6) is -0.137. The van der Waals surface area contributed by atoms with Crippen molar-refractivity contribution in [3.05, 3.63) is 68.7 Å². The number of hydrogen-bond acceptors (Lipinski definition) is 5. The summed E-state index contributed by atoms with van der Waals surface area (Å²) < 4.78 is 0.957. The molecule has 0 radical (unpaired) electrons. The molecule has 1 heterocycles. The Bertz CT molecular complexity index is 824. The molecule has 1 atom stereocenters. The van der Waals surface area contributed by atoms with Crippen molar-refractivity contribution in [2.45, 2.75) is 11.7 Å². The highest BCUT2D eigenvalue weighted by atomic mass is 79.9. The van der Waals surface area contributed by atoms with Gasteiger partial charge >= 0.3 is 0 Å². The van der Waals surface area contributed by atoms with Gasteiger partial charge in [0.25, 0.3) is 5.69 Å². The smallest absolute Gasteiger partial charge is 0.269 e. The topological polar surface area (TPSA) is 84.6 Å². The number of carbonyl (C=O) groups is 1. The number of halogens is 1. The maximum atomic E-state index is 12.1. The summed E-state index contributed by atoms with van der Waals surface area (Å²) in [5.41, 5.74) is 1.53. The molecule has 0 bridgehead atoms. The number of rotatable bonds is 4. The Morgan fingerprint density at radius 3 is 2.71 bits per heavy atom. The number of benzene rings is 2. The number of nitro groups is 1. The van der Waals surface area contributed by atoms with Crippen molar-refractivity contribution in [2.75, 3.05) is 0 Å². The first-order valence-corrected chi connectivity index (χ1v) is 8.73. The fraction of sp³-hybridized carbons (Fsp3) is 0.125. The van der Waals surface area contributed by atoms with Crippen molar-refractivity contribution >= 4 is 50.1 Å². The van der Waals surface area contributed by atoms with Crippen molar-refractivity contribution in [3.63, 3.8) is 0 Å². The van der Waals surface area contributed by atoms with Gasteiger partial charge in [0.2, 0.25) is 5.91 Å². The third-order valence-corrected chi connectivity index (χ3v) is 4.99. The number of nitrogens with zero attached hydrogens (tertiary/aromatic N) is 2. The second-order valence-electron chi connectivity index (χ2n) is 5.12. The Kier molecular flexibility index (Phi) is 4.96. The Labute approximate surface area is 150 Å². The van der Waals surface area contributed by atoms with E-state index in [1.165, 1.54) is 23.9 Å². The van der Waals surface area contributed by atoms with Crippen LogP contribution in [0.3, 0.4) is 0 Å². The highest BCUT2D eigenvalue weighted by Gasteiger charge is 2.30. The Morgan fingerprint density at radius 1 is 1.25 bits per heavy atom. The standard InChI is InChI=1S/C16H12BrN3O3S/c17-11-4-6-12(7-5-11)18-16-19-15(21)14(24-16)9-10-2-1-3-13(8-10)20(22)23/h1-8,14H,9H2,(H,18,19,21)/t14-/m1/s1. The van der Waals surface area contributed by atoms with Gasteiger partial charge < -0.3 is 5.32 Å². The Hall–Kier alpha value is -2.19. The van der Waals surface area contributed by atoms with E-state index in [9.17, 15) is 14.9 Å². The van der Waals surface area contributed by atoms with Gasteiger partial charge in [-0.15, -0.1) is 0 Å². The quantitative estimate of drug-likeness (QED) is 0.618. The summed E-state index contributed by atoms with van der Waals surface area (Å²) in [5, 5.41) is 13.8. The summed E-state index contributed by atoms with van der Waals surface area (Å²) >= 11 is 4.69. The fourth-order valence-electron chi connectivity index (χ4n) is 2.24. The molecular formula is C16H12BrN3O3S. The molecule has 1 N–H and O–H groups in total. The van der Waals surface area contributed by atoms with E-state index in [1.54, 1.807) is 12.1 Å². The van der Waals surface area contributed by atoms with Gasteiger partial charge in [0.15, 0.2) is 5.17 Å². The summed E-state index contributed by atoms with van der Waals surface area (Å²) in [6.07, 6.45) is 0.414. The number of thioether (sulfide) groups is 1. The van der Waals surface area contributed by atoms with Crippen LogP contribution in [0.25, 0.3) is 0 Å². The Balaban J connectivity index is 1.72. The minimum Gasteiger partial charge on any atom is -0.304 e. The number of aliphatic imine (C=N–C) groups is 1. The van der Waals surface area contributed by atoms with Crippen molar-refractivity contribution in [3.8, 4) is 0 Å². The lowest BCUT2D eigenvalue weighted by Crippen LogP contribution is -2.25. The van der Waals surface area contributed by atoms with E-state index in [2.05, 4.69) is 26.2 Å². The van der Waals surface area contributed by atoms with Gasteiger partial charge in [-0.3, -0.25) is 14.9 Å². The number of non-ortho nitro benzene ring substituents is 1. The number of nitro benzene ring substituents is 1. The van der Waals surface area contributed by atoms with E-state index in [0.717, 1.165) is 15.7 Å². The van der Waals surface area contributed by atoms with Crippen LogP contribution >= 0.6 is 27.7 Å². The monoisotopic (exact) mass is 405 g/mol. The predicted molar refractivity (Wildman–Crippen MR) is 97.6 cm³/mol. The van der Waals surface area contributed by atoms with Gasteiger partial charge in [-0.05, 0) is 36.2 Å². The molecule has 1 saturated heterocycles. The van der Waals surface area contributed by atoms with Crippen molar-refractivity contribution < 1.29 is 9.72 Å². The lowest BCUT2D eigenvalue weighted by Gasteiger charge is -2.05. The minimum absolute atomic E-state index is 0.0275. The molecule has 0 aromatic heterocycles. The minimum atomic E-state index is -0.439. The van der Waals surface area contributed by atoms with Crippen LogP contribution in [0.15, 0.2) is 58.0 Å². The van der Waals surface area contributed by atoms with Crippen LogP contribution in [-0.4, -0.2) is 21.2 Å². The van der Waals surface area contributed by atoms with E-state index in [1.807, 2.05) is 24.3 Å². The highest BCUT2D eigenvalue weighted by Crippen LogP contribution is 2.27. The van der Waals surface area contributed by atoms with E-state index >= 15 is 0 Å². The summed E-state index contributed by atoms with van der Waals surface area (Å²) in [7, 11) is 0. The molecule has 0 unspecified atom stereocenters. The summed E-state index contributed by atoms with van der Waals surface area (Å²) in [6.45, 7) is 0. The zero-order valence-electron chi connectivity index (χ0n) is 12.3. The van der Waals surface area contributed by atoms with E-state index in [0.29, 0.717) is 11.6 Å².